The Hall–Kier alpha value is -2.24. The predicted molar refractivity (Wildman–Crippen MR) is 129 cm³/mol. The lowest BCUT2D eigenvalue weighted by atomic mass is 10.0. The molecule has 6 N–H and O–H groups in total. The van der Waals surface area contributed by atoms with Gasteiger partial charge >= 0.3 is 5.97 Å². The molecule has 0 fully saturated rings. The summed E-state index contributed by atoms with van der Waals surface area (Å²) in [5.41, 5.74) is 6.44. The molecule has 32 heavy (non-hydrogen) atoms. The first kappa shape index (κ1) is 27.8. The maximum atomic E-state index is 12.9. The second-order valence-corrected chi connectivity index (χ2v) is 8.54. The minimum Gasteiger partial charge on any atom is -0.480 e. The quantitative estimate of drug-likeness (QED) is 0.206. The summed E-state index contributed by atoms with van der Waals surface area (Å²) in [4.78, 5) is 49.4. The van der Waals surface area contributed by atoms with Crippen molar-refractivity contribution in [3.63, 3.8) is 0 Å². The summed E-state index contributed by atoms with van der Waals surface area (Å²) in [7, 11) is 0. The average Bonchev–Trinajstić information content (AvgIpc) is 2.79. The van der Waals surface area contributed by atoms with Gasteiger partial charge in [-0.15, -0.1) is 0 Å². The van der Waals surface area contributed by atoms with Crippen molar-refractivity contribution in [2.75, 3.05) is 17.8 Å². The van der Waals surface area contributed by atoms with E-state index < -0.39 is 47.9 Å². The highest BCUT2D eigenvalue weighted by Crippen LogP contribution is 2.07. The molecule has 1 aromatic carbocycles. The molecule has 4 atom stereocenters. The van der Waals surface area contributed by atoms with Crippen molar-refractivity contribution in [2.45, 2.75) is 50.4 Å². The topological polar surface area (TPSA) is 151 Å². The molecule has 0 radical (unpaired) electrons. The molecule has 0 bridgehead atoms. The fourth-order valence-corrected chi connectivity index (χ4v) is 3.45. The number of thioether (sulfide) groups is 1. The van der Waals surface area contributed by atoms with Crippen molar-refractivity contribution in [3.05, 3.63) is 35.9 Å². The number of nitrogens with one attached hydrogen (secondary N) is 3. The van der Waals surface area contributed by atoms with Crippen LogP contribution in [0.25, 0.3) is 0 Å². The molecule has 0 unspecified atom stereocenters. The standard InChI is InChI=1S/C21H32N4O5S2/c1-3-15(23-18(26)14(22)12-31)19(27)25-17(11-13-7-5-4-6-8-13)20(28)24-16(21(29)30)9-10-32-2/h4-8,14-17,31H,3,9-12,22H2,1-2H3,(H,23,26)(H,24,28)(H,25,27)(H,29,30)/t14-,15-,16-,17-/m0/s1. The number of carbonyl (C=O) groups excluding carboxylic acids is 3. The van der Waals surface area contributed by atoms with Crippen molar-refractivity contribution in [1.29, 1.82) is 0 Å². The molecule has 0 aliphatic heterocycles. The second-order valence-electron chi connectivity index (χ2n) is 7.19. The third-order valence-corrected chi connectivity index (χ3v) is 5.75. The third-order valence-electron chi connectivity index (χ3n) is 4.72. The van der Waals surface area contributed by atoms with Crippen LogP contribution in [0.4, 0.5) is 0 Å². The zero-order valence-electron chi connectivity index (χ0n) is 18.2. The number of carbonyl (C=O) groups is 4. The molecule has 0 heterocycles. The Morgan fingerprint density at radius 1 is 1.00 bits per heavy atom. The molecule has 11 heteroatoms. The average molecular weight is 485 g/mol. The number of carboxylic acids is 1. The van der Waals surface area contributed by atoms with E-state index in [4.69, 9.17) is 5.73 Å². The maximum absolute atomic E-state index is 12.9. The van der Waals surface area contributed by atoms with E-state index >= 15 is 0 Å². The van der Waals surface area contributed by atoms with Gasteiger partial charge in [0.2, 0.25) is 17.7 Å². The predicted octanol–water partition coefficient (Wildman–Crippen LogP) is 0.188. The van der Waals surface area contributed by atoms with Crippen LogP contribution in [0.1, 0.15) is 25.3 Å². The highest BCUT2D eigenvalue weighted by molar-refractivity contribution is 7.98. The molecule has 0 aliphatic carbocycles. The largest absolute Gasteiger partial charge is 0.480 e. The Bertz CT molecular complexity index is 766. The highest BCUT2D eigenvalue weighted by Gasteiger charge is 2.29. The lowest BCUT2D eigenvalue weighted by Crippen LogP contribution is -2.57. The van der Waals surface area contributed by atoms with E-state index in [1.807, 2.05) is 12.3 Å². The molecular formula is C21H32N4O5S2. The Balaban J connectivity index is 2.99. The molecule has 0 saturated carbocycles. The van der Waals surface area contributed by atoms with Gasteiger partial charge in [0.05, 0.1) is 6.04 Å². The normalized spacial score (nSPS) is 14.5. The summed E-state index contributed by atoms with van der Waals surface area (Å²) < 4.78 is 0. The first-order valence-corrected chi connectivity index (χ1v) is 12.3. The van der Waals surface area contributed by atoms with E-state index in [1.165, 1.54) is 11.8 Å². The van der Waals surface area contributed by atoms with Crippen molar-refractivity contribution in [1.82, 2.24) is 16.0 Å². The Morgan fingerprint density at radius 2 is 1.56 bits per heavy atom. The molecule has 9 nitrogen and oxygen atoms in total. The summed E-state index contributed by atoms with van der Waals surface area (Å²) in [6.45, 7) is 1.71. The molecule has 3 amide bonds. The van der Waals surface area contributed by atoms with Crippen molar-refractivity contribution in [2.24, 2.45) is 5.73 Å². The minimum atomic E-state index is -1.14. The Morgan fingerprint density at radius 3 is 2.09 bits per heavy atom. The fraction of sp³-hybridized carbons (Fsp3) is 0.524. The van der Waals surface area contributed by atoms with Crippen LogP contribution in [0.2, 0.25) is 0 Å². The SMILES string of the molecule is CC[C@H](NC(=O)[C@@H](N)CS)C(=O)N[C@@H](Cc1ccccc1)C(=O)N[C@@H](CCSC)C(=O)O. The number of carboxylic acid groups (broad SMARTS) is 1. The number of rotatable bonds is 14. The van der Waals surface area contributed by atoms with E-state index in [9.17, 15) is 24.3 Å². The van der Waals surface area contributed by atoms with E-state index in [2.05, 4.69) is 28.6 Å². The van der Waals surface area contributed by atoms with Crippen LogP contribution in [0.3, 0.4) is 0 Å². The van der Waals surface area contributed by atoms with Crippen LogP contribution in [-0.2, 0) is 25.6 Å². The van der Waals surface area contributed by atoms with Gasteiger partial charge in [-0.3, -0.25) is 14.4 Å². The molecule has 0 aliphatic rings. The van der Waals surface area contributed by atoms with E-state index in [0.29, 0.717) is 5.75 Å². The number of nitrogens with two attached hydrogens (primary N) is 1. The fourth-order valence-electron chi connectivity index (χ4n) is 2.81. The van der Waals surface area contributed by atoms with Crippen LogP contribution in [0.15, 0.2) is 30.3 Å². The molecule has 1 rings (SSSR count). The van der Waals surface area contributed by atoms with Crippen LogP contribution in [-0.4, -0.2) is 70.7 Å². The van der Waals surface area contributed by atoms with E-state index in [-0.39, 0.29) is 25.0 Å². The number of hydrogen-bond donors (Lipinski definition) is 6. The van der Waals surface area contributed by atoms with Gasteiger partial charge < -0.3 is 26.8 Å². The lowest BCUT2D eigenvalue weighted by Gasteiger charge is -2.24. The van der Waals surface area contributed by atoms with Gasteiger partial charge in [-0.2, -0.15) is 24.4 Å². The lowest BCUT2D eigenvalue weighted by molar-refractivity contribution is -0.142. The van der Waals surface area contributed by atoms with Crippen LogP contribution >= 0.6 is 24.4 Å². The third kappa shape index (κ3) is 9.49. The Kier molecular flexibility index (Phi) is 12.8. The molecule has 1 aromatic rings. The van der Waals surface area contributed by atoms with E-state index in [1.54, 1.807) is 31.2 Å². The first-order valence-electron chi connectivity index (χ1n) is 10.3. The van der Waals surface area contributed by atoms with Crippen molar-refractivity contribution in [3.8, 4) is 0 Å². The van der Waals surface area contributed by atoms with E-state index in [0.717, 1.165) is 5.56 Å². The van der Waals surface area contributed by atoms with Crippen LogP contribution in [0.5, 0.6) is 0 Å². The maximum Gasteiger partial charge on any atom is 0.326 e. The number of aliphatic carboxylic acids is 1. The van der Waals surface area contributed by atoms with Gasteiger partial charge in [0.15, 0.2) is 0 Å². The summed E-state index contributed by atoms with van der Waals surface area (Å²) >= 11 is 5.45. The molecule has 0 aromatic heterocycles. The van der Waals surface area contributed by atoms with Gasteiger partial charge in [-0.05, 0) is 30.4 Å². The number of amides is 3. The number of benzene rings is 1. The van der Waals surface area contributed by atoms with Gasteiger partial charge in [-0.25, -0.2) is 4.79 Å². The summed E-state index contributed by atoms with van der Waals surface area (Å²) in [6, 6.07) is 5.19. The summed E-state index contributed by atoms with van der Waals surface area (Å²) in [6.07, 6.45) is 2.54. The zero-order valence-corrected chi connectivity index (χ0v) is 20.0. The van der Waals surface area contributed by atoms with Crippen LogP contribution < -0.4 is 21.7 Å². The second kappa shape index (κ2) is 14.8. The smallest absolute Gasteiger partial charge is 0.326 e. The Labute approximate surface area is 198 Å². The van der Waals surface area contributed by atoms with Gasteiger partial charge in [0.1, 0.15) is 18.1 Å². The first-order chi connectivity index (χ1) is 15.2. The van der Waals surface area contributed by atoms with Gasteiger partial charge in [0.25, 0.3) is 0 Å². The van der Waals surface area contributed by atoms with Crippen molar-refractivity contribution >= 4 is 48.1 Å². The summed E-state index contributed by atoms with van der Waals surface area (Å²) in [5.74, 6) is -2.15. The monoisotopic (exact) mass is 484 g/mol. The molecule has 178 valence electrons. The van der Waals surface area contributed by atoms with Gasteiger partial charge in [-0.1, -0.05) is 37.3 Å². The highest BCUT2D eigenvalue weighted by atomic mass is 32.2. The summed E-state index contributed by atoms with van der Waals surface area (Å²) in [5, 5.41) is 17.2. The van der Waals surface area contributed by atoms with Crippen LogP contribution in [0, 0.1) is 0 Å². The van der Waals surface area contributed by atoms with Crippen molar-refractivity contribution < 1.29 is 24.3 Å². The minimum absolute atomic E-state index is 0.121. The molecule has 0 spiro atoms. The number of hydrogen-bond acceptors (Lipinski definition) is 7. The molecular weight excluding hydrogens is 452 g/mol. The molecule has 0 saturated heterocycles. The zero-order chi connectivity index (χ0) is 24.1. The number of thiol groups is 1. The van der Waals surface area contributed by atoms with Gasteiger partial charge in [0, 0.05) is 12.2 Å².